The number of rotatable bonds is 2. The van der Waals surface area contributed by atoms with Crippen molar-refractivity contribution >= 4 is 28.5 Å². The molecule has 31 heavy (non-hydrogen) atoms. The van der Waals surface area contributed by atoms with Crippen LogP contribution in [-0.2, 0) is 10.3 Å². The highest BCUT2D eigenvalue weighted by atomic mass is 35.5. The van der Waals surface area contributed by atoms with Gasteiger partial charge in [0.2, 0.25) is 5.89 Å². The van der Waals surface area contributed by atoms with Gasteiger partial charge in [0.15, 0.2) is 11.1 Å². The van der Waals surface area contributed by atoms with E-state index in [9.17, 15) is 8.78 Å². The summed E-state index contributed by atoms with van der Waals surface area (Å²) in [5.41, 5.74) is 0.955. The van der Waals surface area contributed by atoms with E-state index in [2.05, 4.69) is 9.98 Å². The summed E-state index contributed by atoms with van der Waals surface area (Å²) in [6, 6.07) is 6.01. The SMILES string of the molecule is CC1(C)OCC(N)=NC(C)(c2cc(-c3nc4ccc(Cl)cc4o3)c(F)cc2F)C1(F)F. The van der Waals surface area contributed by atoms with Gasteiger partial charge in [0, 0.05) is 22.7 Å². The summed E-state index contributed by atoms with van der Waals surface area (Å²) in [6.45, 7) is 2.99. The number of hydrogen-bond donors (Lipinski definition) is 1. The van der Waals surface area contributed by atoms with Crippen LogP contribution in [0.1, 0.15) is 26.3 Å². The first-order valence-corrected chi connectivity index (χ1v) is 9.65. The van der Waals surface area contributed by atoms with Gasteiger partial charge in [-0.1, -0.05) is 11.6 Å². The first-order valence-electron chi connectivity index (χ1n) is 9.28. The van der Waals surface area contributed by atoms with E-state index in [-0.39, 0.29) is 29.5 Å². The zero-order chi connectivity index (χ0) is 22.8. The van der Waals surface area contributed by atoms with E-state index < -0.39 is 34.3 Å². The quantitative estimate of drug-likeness (QED) is 0.522. The molecular weight excluding hydrogens is 438 g/mol. The number of amidine groups is 1. The Hall–Kier alpha value is -2.65. The first kappa shape index (κ1) is 21.6. The summed E-state index contributed by atoms with van der Waals surface area (Å²) in [6.07, 6.45) is 0. The fourth-order valence-corrected chi connectivity index (χ4v) is 3.81. The van der Waals surface area contributed by atoms with Crippen LogP contribution in [0.5, 0.6) is 0 Å². The predicted molar refractivity (Wildman–Crippen MR) is 108 cm³/mol. The molecule has 5 nitrogen and oxygen atoms in total. The number of alkyl halides is 2. The smallest absolute Gasteiger partial charge is 0.304 e. The molecule has 10 heteroatoms. The average molecular weight is 456 g/mol. The molecule has 4 rings (SSSR count). The molecule has 0 aliphatic carbocycles. The van der Waals surface area contributed by atoms with Crippen molar-refractivity contribution in [3.63, 3.8) is 0 Å². The molecule has 0 bridgehead atoms. The van der Waals surface area contributed by atoms with Crippen molar-refractivity contribution in [3.05, 3.63) is 52.6 Å². The van der Waals surface area contributed by atoms with Crippen LogP contribution in [0.15, 0.2) is 39.7 Å². The molecule has 0 radical (unpaired) electrons. The molecule has 1 unspecified atom stereocenters. The molecule has 0 saturated heterocycles. The summed E-state index contributed by atoms with van der Waals surface area (Å²) in [7, 11) is 0. The van der Waals surface area contributed by atoms with Crippen LogP contribution in [0.4, 0.5) is 17.6 Å². The lowest BCUT2D eigenvalue weighted by Gasteiger charge is -2.42. The molecule has 164 valence electrons. The number of hydrogen-bond acceptors (Lipinski definition) is 5. The second-order valence-corrected chi connectivity index (χ2v) is 8.43. The molecule has 1 aliphatic heterocycles. The maximum absolute atomic E-state index is 15.6. The Balaban J connectivity index is 1.95. The first-order chi connectivity index (χ1) is 14.4. The van der Waals surface area contributed by atoms with E-state index in [4.69, 9.17) is 26.5 Å². The molecule has 2 N–H and O–H groups in total. The third kappa shape index (κ3) is 3.27. The van der Waals surface area contributed by atoms with Gasteiger partial charge in [0.1, 0.15) is 35.2 Å². The van der Waals surface area contributed by atoms with Crippen LogP contribution in [0, 0.1) is 11.6 Å². The molecule has 0 saturated carbocycles. The summed E-state index contributed by atoms with van der Waals surface area (Å²) in [5.74, 6) is -6.42. The van der Waals surface area contributed by atoms with Crippen LogP contribution in [0.3, 0.4) is 0 Å². The van der Waals surface area contributed by atoms with Gasteiger partial charge in [-0.25, -0.2) is 22.5 Å². The molecule has 0 spiro atoms. The monoisotopic (exact) mass is 455 g/mol. The Kier molecular flexibility index (Phi) is 4.82. The molecule has 1 aromatic heterocycles. The second kappa shape index (κ2) is 6.93. The summed E-state index contributed by atoms with van der Waals surface area (Å²) >= 11 is 5.93. The Morgan fingerprint density at radius 1 is 1.06 bits per heavy atom. The molecule has 1 aliphatic rings. The normalized spacial score (nSPS) is 22.9. The molecule has 1 atom stereocenters. The van der Waals surface area contributed by atoms with Gasteiger partial charge in [0.25, 0.3) is 0 Å². The lowest BCUT2D eigenvalue weighted by Crippen LogP contribution is -2.56. The predicted octanol–water partition coefficient (Wildman–Crippen LogP) is 5.44. The van der Waals surface area contributed by atoms with Crippen molar-refractivity contribution in [2.75, 3.05) is 6.61 Å². The molecule has 0 amide bonds. The van der Waals surface area contributed by atoms with Crippen molar-refractivity contribution < 1.29 is 26.7 Å². The number of benzene rings is 2. The Morgan fingerprint density at radius 2 is 1.77 bits per heavy atom. The molecule has 2 heterocycles. The van der Waals surface area contributed by atoms with Crippen molar-refractivity contribution in [3.8, 4) is 11.5 Å². The van der Waals surface area contributed by atoms with E-state index in [1.54, 1.807) is 12.1 Å². The summed E-state index contributed by atoms with van der Waals surface area (Å²) < 4.78 is 71.5. The van der Waals surface area contributed by atoms with Gasteiger partial charge in [0.05, 0.1) is 5.56 Å². The van der Waals surface area contributed by atoms with E-state index >= 15 is 8.78 Å². The number of fused-ring (bicyclic) bond motifs is 1. The minimum absolute atomic E-state index is 0.219. The molecule has 2 aromatic carbocycles. The highest BCUT2D eigenvalue weighted by molar-refractivity contribution is 6.31. The van der Waals surface area contributed by atoms with Crippen LogP contribution < -0.4 is 5.73 Å². The average Bonchev–Trinajstić information content (AvgIpc) is 3.06. The van der Waals surface area contributed by atoms with Gasteiger partial charge >= 0.3 is 5.92 Å². The van der Waals surface area contributed by atoms with Gasteiger partial charge in [-0.15, -0.1) is 0 Å². The number of oxazole rings is 1. The lowest BCUT2D eigenvalue weighted by molar-refractivity contribution is -0.214. The summed E-state index contributed by atoms with van der Waals surface area (Å²) in [5, 5.41) is 0.369. The minimum atomic E-state index is -3.72. The van der Waals surface area contributed by atoms with E-state index in [0.29, 0.717) is 16.6 Å². The zero-order valence-corrected chi connectivity index (χ0v) is 17.5. The largest absolute Gasteiger partial charge is 0.436 e. The Labute approximate surface area is 179 Å². The molecule has 0 fully saturated rings. The van der Waals surface area contributed by atoms with Crippen molar-refractivity contribution in [1.29, 1.82) is 0 Å². The lowest BCUT2D eigenvalue weighted by atomic mass is 9.77. The summed E-state index contributed by atoms with van der Waals surface area (Å²) in [4.78, 5) is 8.06. The fraction of sp³-hybridized carbons (Fsp3) is 0.333. The third-order valence-corrected chi connectivity index (χ3v) is 5.71. The van der Waals surface area contributed by atoms with Gasteiger partial charge in [-0.3, -0.25) is 4.99 Å². The number of aromatic nitrogens is 1. The number of ether oxygens (including phenoxy) is 1. The van der Waals surface area contributed by atoms with Gasteiger partial charge in [-0.2, -0.15) is 0 Å². The minimum Gasteiger partial charge on any atom is -0.436 e. The highest BCUT2D eigenvalue weighted by Crippen LogP contribution is 2.51. The van der Waals surface area contributed by atoms with E-state index in [1.807, 2.05) is 0 Å². The topological polar surface area (TPSA) is 73.6 Å². The Morgan fingerprint density at radius 3 is 2.48 bits per heavy atom. The second-order valence-electron chi connectivity index (χ2n) is 7.99. The maximum atomic E-state index is 15.6. The van der Waals surface area contributed by atoms with Crippen molar-refractivity contribution in [1.82, 2.24) is 4.98 Å². The fourth-order valence-electron chi connectivity index (χ4n) is 3.65. The van der Waals surface area contributed by atoms with Crippen LogP contribution >= 0.6 is 11.6 Å². The molecular formula is C21H18ClF4N3O2. The highest BCUT2D eigenvalue weighted by Gasteiger charge is 2.64. The molecule has 3 aromatic rings. The van der Waals surface area contributed by atoms with E-state index in [0.717, 1.165) is 26.8 Å². The van der Waals surface area contributed by atoms with E-state index in [1.165, 1.54) is 6.07 Å². The zero-order valence-electron chi connectivity index (χ0n) is 16.8. The van der Waals surface area contributed by atoms with Gasteiger partial charge in [-0.05, 0) is 39.0 Å². The standard InChI is InChI=1S/C21H18ClF4N3O2/c1-19(2)21(25,26)20(3,29-17(27)9-30-19)12-7-11(13(23)8-14(12)24)18-28-15-5-4-10(22)6-16(15)31-18/h4-8H,9H2,1-3H3,(H2,27,29). The number of nitrogens with zero attached hydrogens (tertiary/aromatic N) is 2. The van der Waals surface area contributed by atoms with Crippen LogP contribution in [0.2, 0.25) is 5.02 Å². The number of halogens is 5. The maximum Gasteiger partial charge on any atom is 0.304 e. The van der Waals surface area contributed by atoms with Crippen LogP contribution in [0.25, 0.3) is 22.6 Å². The van der Waals surface area contributed by atoms with Crippen LogP contribution in [-0.4, -0.2) is 29.0 Å². The Bertz CT molecular complexity index is 1220. The van der Waals surface area contributed by atoms with Crippen molar-refractivity contribution in [2.45, 2.75) is 37.8 Å². The number of nitrogens with two attached hydrogens (primary N) is 1. The third-order valence-electron chi connectivity index (χ3n) is 5.48. The van der Waals surface area contributed by atoms with Gasteiger partial charge < -0.3 is 14.9 Å². The van der Waals surface area contributed by atoms with Crippen molar-refractivity contribution in [2.24, 2.45) is 10.7 Å². The number of aliphatic imine (C=N–C) groups is 1.